The van der Waals surface area contributed by atoms with Gasteiger partial charge >= 0.3 is 0 Å². The highest BCUT2D eigenvalue weighted by Gasteiger charge is 2.28. The first-order valence-electron chi connectivity index (χ1n) is 11.7. The molecule has 4 nitrogen and oxygen atoms in total. The van der Waals surface area contributed by atoms with Crippen LogP contribution < -0.4 is 5.32 Å². The van der Waals surface area contributed by atoms with Crippen molar-refractivity contribution in [2.24, 2.45) is 0 Å². The Hall–Kier alpha value is -3.63. The molecular formula is C29H25ClN4. The van der Waals surface area contributed by atoms with Crippen LogP contribution in [0.4, 0.5) is 5.95 Å². The highest BCUT2D eigenvalue weighted by Crippen LogP contribution is 2.43. The van der Waals surface area contributed by atoms with E-state index in [9.17, 15) is 0 Å². The van der Waals surface area contributed by atoms with Gasteiger partial charge in [0.1, 0.15) is 0 Å². The molecule has 0 spiro atoms. The average Bonchev–Trinajstić information content (AvgIpc) is 3.28. The molecule has 34 heavy (non-hydrogen) atoms. The summed E-state index contributed by atoms with van der Waals surface area (Å²) in [7, 11) is 0. The largest absolute Gasteiger partial charge is 0.361 e. The molecule has 0 aliphatic heterocycles. The molecule has 0 amide bonds. The molecule has 0 saturated carbocycles. The molecule has 1 unspecified atom stereocenters. The zero-order valence-electron chi connectivity index (χ0n) is 19.0. The molecule has 0 radical (unpaired) electrons. The Balaban J connectivity index is 1.26. The van der Waals surface area contributed by atoms with Crippen molar-refractivity contribution in [1.29, 1.82) is 0 Å². The fourth-order valence-corrected chi connectivity index (χ4v) is 5.40. The van der Waals surface area contributed by atoms with E-state index in [0.717, 1.165) is 46.8 Å². The van der Waals surface area contributed by atoms with Crippen molar-refractivity contribution in [2.45, 2.75) is 25.7 Å². The van der Waals surface area contributed by atoms with Gasteiger partial charge in [0.25, 0.3) is 0 Å². The van der Waals surface area contributed by atoms with Crippen LogP contribution in [0.5, 0.6) is 0 Å². The van der Waals surface area contributed by atoms with Crippen LogP contribution in [-0.4, -0.2) is 21.5 Å². The van der Waals surface area contributed by atoms with Gasteiger partial charge in [-0.3, -0.25) is 0 Å². The lowest BCUT2D eigenvalue weighted by atomic mass is 9.78. The summed E-state index contributed by atoms with van der Waals surface area (Å²) in [5.74, 6) is 0.867. The van der Waals surface area contributed by atoms with Gasteiger partial charge in [-0.1, -0.05) is 72.3 Å². The predicted octanol–water partition coefficient (Wildman–Crippen LogP) is 6.93. The number of H-pyrrole nitrogens is 1. The molecule has 5 heteroatoms. The Bertz CT molecular complexity index is 1500. The van der Waals surface area contributed by atoms with Crippen LogP contribution in [0.1, 0.15) is 33.7 Å². The third-order valence-corrected chi connectivity index (χ3v) is 7.19. The molecule has 168 valence electrons. The lowest BCUT2D eigenvalue weighted by molar-refractivity contribution is 0.781. The smallest absolute Gasteiger partial charge is 0.223 e. The molecule has 1 aliphatic rings. The van der Waals surface area contributed by atoms with Crippen LogP contribution in [0.15, 0.2) is 79.1 Å². The Kier molecular flexibility index (Phi) is 5.31. The number of benzene rings is 3. The zero-order valence-corrected chi connectivity index (χ0v) is 19.7. The summed E-state index contributed by atoms with van der Waals surface area (Å²) < 4.78 is 0. The van der Waals surface area contributed by atoms with Gasteiger partial charge in [0.05, 0.1) is 5.69 Å². The van der Waals surface area contributed by atoms with Gasteiger partial charge in [-0.2, -0.15) is 0 Å². The topological polar surface area (TPSA) is 53.6 Å². The molecule has 2 N–H and O–H groups in total. The van der Waals surface area contributed by atoms with Crippen molar-refractivity contribution >= 4 is 28.5 Å². The van der Waals surface area contributed by atoms with Gasteiger partial charge in [-0.15, -0.1) is 0 Å². The zero-order chi connectivity index (χ0) is 23.1. The van der Waals surface area contributed by atoms with Crippen molar-refractivity contribution < 1.29 is 0 Å². The van der Waals surface area contributed by atoms with E-state index in [1.165, 1.54) is 27.6 Å². The highest BCUT2D eigenvalue weighted by molar-refractivity contribution is 6.31. The molecular weight excluding hydrogens is 440 g/mol. The minimum atomic E-state index is 0.199. The number of nitrogens with one attached hydrogen (secondary N) is 2. The van der Waals surface area contributed by atoms with Crippen LogP contribution in [0.3, 0.4) is 0 Å². The maximum Gasteiger partial charge on any atom is 0.223 e. The molecule has 1 atom stereocenters. The molecule has 3 aromatic carbocycles. The van der Waals surface area contributed by atoms with E-state index in [2.05, 4.69) is 83.0 Å². The molecule has 1 aliphatic carbocycles. The minimum Gasteiger partial charge on any atom is -0.361 e. The summed E-state index contributed by atoms with van der Waals surface area (Å²) in [5.41, 5.74) is 9.53. The summed E-state index contributed by atoms with van der Waals surface area (Å²) in [6, 6.07) is 23.1. The first-order chi connectivity index (χ1) is 16.7. The maximum atomic E-state index is 6.58. The number of nitrogens with zero attached hydrogens (tertiary/aromatic N) is 2. The molecule has 0 fully saturated rings. The molecule has 0 bridgehead atoms. The number of aryl methyl sites for hydroxylation is 1. The summed E-state index contributed by atoms with van der Waals surface area (Å²) in [6.07, 6.45) is 5.82. The number of para-hydroxylation sites is 1. The second-order valence-electron chi connectivity index (χ2n) is 8.92. The number of halogens is 1. The van der Waals surface area contributed by atoms with Gasteiger partial charge in [0, 0.05) is 46.3 Å². The van der Waals surface area contributed by atoms with Gasteiger partial charge in [-0.25, -0.2) is 9.97 Å². The summed E-state index contributed by atoms with van der Waals surface area (Å²) >= 11 is 6.58. The lowest BCUT2D eigenvalue weighted by Gasteiger charge is -2.28. The summed E-state index contributed by atoms with van der Waals surface area (Å²) in [6.45, 7) is 2.90. The van der Waals surface area contributed by atoms with Crippen LogP contribution in [0, 0.1) is 6.92 Å². The van der Waals surface area contributed by atoms with E-state index in [-0.39, 0.29) is 5.92 Å². The van der Waals surface area contributed by atoms with Crippen LogP contribution in [0.2, 0.25) is 5.02 Å². The van der Waals surface area contributed by atoms with E-state index in [1.54, 1.807) is 0 Å². The van der Waals surface area contributed by atoms with E-state index < -0.39 is 0 Å². The SMILES string of the molecule is Cc1cccc2c(CCNc3ncc4c(n3)-c3ccccc3C(c3ccccc3Cl)C4)c[nH]c12. The average molecular weight is 465 g/mol. The summed E-state index contributed by atoms with van der Waals surface area (Å²) in [4.78, 5) is 13.0. The van der Waals surface area contributed by atoms with E-state index in [4.69, 9.17) is 16.6 Å². The second-order valence-corrected chi connectivity index (χ2v) is 9.33. The first-order valence-corrected chi connectivity index (χ1v) is 12.1. The van der Waals surface area contributed by atoms with Gasteiger partial charge in [0.2, 0.25) is 5.95 Å². The lowest BCUT2D eigenvalue weighted by Crippen LogP contribution is -2.16. The second kappa shape index (κ2) is 8.62. The Morgan fingerprint density at radius 2 is 1.82 bits per heavy atom. The van der Waals surface area contributed by atoms with Gasteiger partial charge in [-0.05, 0) is 53.6 Å². The molecule has 0 saturated heterocycles. The number of hydrogen-bond donors (Lipinski definition) is 2. The number of aromatic amines is 1. The van der Waals surface area contributed by atoms with Crippen molar-refractivity contribution in [3.05, 3.63) is 112 Å². The van der Waals surface area contributed by atoms with Crippen molar-refractivity contribution in [1.82, 2.24) is 15.0 Å². The predicted molar refractivity (Wildman–Crippen MR) is 140 cm³/mol. The maximum absolute atomic E-state index is 6.58. The van der Waals surface area contributed by atoms with Crippen molar-refractivity contribution in [3.8, 4) is 11.3 Å². The Labute approximate surface area is 204 Å². The third kappa shape index (κ3) is 3.64. The van der Waals surface area contributed by atoms with E-state index in [0.29, 0.717) is 5.95 Å². The van der Waals surface area contributed by atoms with Crippen LogP contribution in [-0.2, 0) is 12.8 Å². The fraction of sp³-hybridized carbons (Fsp3) is 0.172. The third-order valence-electron chi connectivity index (χ3n) is 6.85. The molecule has 2 aromatic heterocycles. The molecule has 5 aromatic rings. The number of aromatic nitrogens is 3. The van der Waals surface area contributed by atoms with E-state index in [1.807, 2.05) is 18.3 Å². The Morgan fingerprint density at radius 3 is 2.71 bits per heavy atom. The highest BCUT2D eigenvalue weighted by atomic mass is 35.5. The number of anilines is 1. The van der Waals surface area contributed by atoms with E-state index >= 15 is 0 Å². The summed E-state index contributed by atoms with van der Waals surface area (Å²) in [5, 5.41) is 5.53. The number of hydrogen-bond acceptors (Lipinski definition) is 3. The molecule has 2 heterocycles. The molecule has 6 rings (SSSR count). The quantitative estimate of drug-likeness (QED) is 0.296. The van der Waals surface area contributed by atoms with Crippen molar-refractivity contribution in [3.63, 3.8) is 0 Å². The first kappa shape index (κ1) is 20.9. The standard InChI is InChI=1S/C29H25ClN4/c1-18-7-6-11-21-19(16-32-27(18)21)13-14-31-29-33-17-20-15-25(23-9-4-5-12-26(23)30)22-8-2-3-10-24(22)28(20)34-29/h2-12,16-17,25,32H,13-15H2,1H3,(H,31,33,34). The van der Waals surface area contributed by atoms with Crippen LogP contribution >= 0.6 is 11.6 Å². The monoisotopic (exact) mass is 464 g/mol. The van der Waals surface area contributed by atoms with Crippen molar-refractivity contribution in [2.75, 3.05) is 11.9 Å². The Morgan fingerprint density at radius 1 is 1.00 bits per heavy atom. The number of rotatable bonds is 5. The van der Waals surface area contributed by atoms with Gasteiger partial charge < -0.3 is 10.3 Å². The van der Waals surface area contributed by atoms with Gasteiger partial charge in [0.15, 0.2) is 0 Å². The fourth-order valence-electron chi connectivity index (χ4n) is 5.14. The number of fused-ring (bicyclic) bond motifs is 4. The minimum absolute atomic E-state index is 0.199. The van der Waals surface area contributed by atoms with Crippen LogP contribution in [0.25, 0.3) is 22.2 Å². The normalized spacial score (nSPS) is 14.6.